The summed E-state index contributed by atoms with van der Waals surface area (Å²) in [6, 6.07) is 1.63. The first-order valence-electron chi connectivity index (χ1n) is 5.30. The zero-order valence-electron chi connectivity index (χ0n) is 9.36. The number of hydrogen-bond acceptors (Lipinski definition) is 5. The lowest BCUT2D eigenvalue weighted by molar-refractivity contribution is -0.120. The molecule has 6 nitrogen and oxygen atoms in total. The van der Waals surface area contributed by atoms with Crippen LogP contribution in [0.3, 0.4) is 0 Å². The molecule has 0 unspecified atom stereocenters. The van der Waals surface area contributed by atoms with Gasteiger partial charge in [0.05, 0.1) is 0 Å². The molecule has 0 spiro atoms. The smallest absolute Gasteiger partial charge is 0.221 e. The maximum absolute atomic E-state index is 11.3. The molecule has 1 aromatic heterocycles. The van der Waals surface area contributed by atoms with Crippen molar-refractivity contribution in [2.24, 2.45) is 0 Å². The first-order valence-corrected chi connectivity index (χ1v) is 5.30. The van der Waals surface area contributed by atoms with Crippen molar-refractivity contribution in [2.75, 3.05) is 24.1 Å². The second-order valence-corrected chi connectivity index (χ2v) is 3.35. The van der Waals surface area contributed by atoms with Gasteiger partial charge in [-0.05, 0) is 6.42 Å². The molecule has 16 heavy (non-hydrogen) atoms. The minimum atomic E-state index is 0.0383. The van der Waals surface area contributed by atoms with Crippen LogP contribution < -0.4 is 16.4 Å². The van der Waals surface area contributed by atoms with Crippen molar-refractivity contribution in [1.82, 2.24) is 15.3 Å². The highest BCUT2D eigenvalue weighted by Crippen LogP contribution is 2.04. The van der Waals surface area contributed by atoms with Gasteiger partial charge in [0.2, 0.25) is 5.91 Å². The predicted molar refractivity (Wildman–Crippen MR) is 62.9 cm³/mol. The molecular weight excluding hydrogens is 206 g/mol. The monoisotopic (exact) mass is 223 g/mol. The van der Waals surface area contributed by atoms with Crippen LogP contribution in [0.4, 0.5) is 11.6 Å². The van der Waals surface area contributed by atoms with E-state index in [0.717, 1.165) is 13.0 Å². The fourth-order valence-corrected chi connectivity index (χ4v) is 1.13. The molecule has 0 saturated carbocycles. The molecule has 0 aliphatic heterocycles. The lowest BCUT2D eigenvalue weighted by Gasteiger charge is -2.06. The van der Waals surface area contributed by atoms with E-state index in [1.165, 1.54) is 6.33 Å². The quantitative estimate of drug-likeness (QED) is 0.648. The summed E-state index contributed by atoms with van der Waals surface area (Å²) in [5.74, 6) is 1.08. The molecule has 1 rings (SSSR count). The third kappa shape index (κ3) is 4.59. The third-order valence-electron chi connectivity index (χ3n) is 1.92. The first kappa shape index (κ1) is 12.2. The lowest BCUT2D eigenvalue weighted by Crippen LogP contribution is -2.25. The second-order valence-electron chi connectivity index (χ2n) is 3.35. The van der Waals surface area contributed by atoms with Gasteiger partial charge in [0.15, 0.2) is 0 Å². The van der Waals surface area contributed by atoms with Gasteiger partial charge in [-0.3, -0.25) is 4.79 Å². The number of nitrogens with zero attached hydrogens (tertiary/aromatic N) is 2. The number of carbonyl (C=O) groups excluding carboxylic acids is 1. The number of aromatic nitrogens is 2. The Morgan fingerprint density at radius 2 is 2.25 bits per heavy atom. The number of nitrogen functional groups attached to an aromatic ring is 1. The molecule has 4 N–H and O–H groups in total. The highest BCUT2D eigenvalue weighted by Gasteiger charge is 2.00. The Morgan fingerprint density at radius 1 is 1.44 bits per heavy atom. The zero-order valence-corrected chi connectivity index (χ0v) is 9.36. The van der Waals surface area contributed by atoms with Crippen LogP contribution in [0.5, 0.6) is 0 Å². The lowest BCUT2D eigenvalue weighted by atomic mass is 10.3. The van der Waals surface area contributed by atoms with Gasteiger partial charge in [-0.15, -0.1) is 0 Å². The van der Waals surface area contributed by atoms with Gasteiger partial charge in [0.25, 0.3) is 0 Å². The van der Waals surface area contributed by atoms with E-state index in [4.69, 9.17) is 5.73 Å². The van der Waals surface area contributed by atoms with Crippen LogP contribution in [0.1, 0.15) is 19.8 Å². The summed E-state index contributed by atoms with van der Waals surface area (Å²) >= 11 is 0. The van der Waals surface area contributed by atoms with Crippen molar-refractivity contribution in [1.29, 1.82) is 0 Å². The minimum absolute atomic E-state index is 0.0383. The van der Waals surface area contributed by atoms with E-state index >= 15 is 0 Å². The Morgan fingerprint density at radius 3 is 2.94 bits per heavy atom. The number of anilines is 2. The molecule has 0 aromatic carbocycles. The van der Waals surface area contributed by atoms with Crippen molar-refractivity contribution in [3.63, 3.8) is 0 Å². The molecule has 0 saturated heterocycles. The van der Waals surface area contributed by atoms with Crippen molar-refractivity contribution < 1.29 is 4.79 Å². The van der Waals surface area contributed by atoms with E-state index in [1.54, 1.807) is 6.07 Å². The van der Waals surface area contributed by atoms with E-state index in [0.29, 0.717) is 24.6 Å². The summed E-state index contributed by atoms with van der Waals surface area (Å²) in [6.07, 6.45) is 2.75. The van der Waals surface area contributed by atoms with Gasteiger partial charge in [-0.25, -0.2) is 9.97 Å². The molecule has 0 aliphatic rings. The molecule has 88 valence electrons. The molecule has 1 heterocycles. The second kappa shape index (κ2) is 6.60. The maximum Gasteiger partial charge on any atom is 0.221 e. The molecule has 0 fully saturated rings. The van der Waals surface area contributed by atoms with E-state index in [9.17, 15) is 4.79 Å². The summed E-state index contributed by atoms with van der Waals surface area (Å²) < 4.78 is 0. The number of rotatable bonds is 6. The number of amides is 1. The fourth-order valence-electron chi connectivity index (χ4n) is 1.13. The van der Waals surface area contributed by atoms with Crippen LogP contribution in [0.2, 0.25) is 0 Å². The van der Waals surface area contributed by atoms with Gasteiger partial charge in [0.1, 0.15) is 18.0 Å². The average molecular weight is 223 g/mol. The summed E-state index contributed by atoms with van der Waals surface area (Å²) in [5.41, 5.74) is 5.49. The Balaban J connectivity index is 2.22. The average Bonchev–Trinajstić information content (AvgIpc) is 2.26. The summed E-state index contributed by atoms with van der Waals surface area (Å²) in [6.45, 7) is 3.27. The normalized spacial score (nSPS) is 9.81. The van der Waals surface area contributed by atoms with Gasteiger partial charge in [-0.2, -0.15) is 0 Å². The minimum Gasteiger partial charge on any atom is -0.384 e. The largest absolute Gasteiger partial charge is 0.384 e. The number of nitrogens with one attached hydrogen (secondary N) is 2. The Labute approximate surface area is 94.7 Å². The van der Waals surface area contributed by atoms with Crippen LogP contribution in [-0.4, -0.2) is 29.0 Å². The van der Waals surface area contributed by atoms with Crippen molar-refractivity contribution in [3.05, 3.63) is 12.4 Å². The van der Waals surface area contributed by atoms with Crippen molar-refractivity contribution in [3.8, 4) is 0 Å². The van der Waals surface area contributed by atoms with E-state index < -0.39 is 0 Å². The topological polar surface area (TPSA) is 92.9 Å². The Hall–Kier alpha value is -1.85. The number of nitrogens with two attached hydrogens (primary N) is 1. The zero-order chi connectivity index (χ0) is 11.8. The highest BCUT2D eigenvalue weighted by atomic mass is 16.1. The van der Waals surface area contributed by atoms with Crippen LogP contribution in [0.25, 0.3) is 0 Å². The standard InChI is InChI=1S/C10H17N5O/c1-2-4-13-10(16)3-5-12-9-6-8(11)14-7-15-9/h6-7H,2-5H2,1H3,(H,13,16)(H3,11,12,14,15). The van der Waals surface area contributed by atoms with E-state index in [-0.39, 0.29) is 5.91 Å². The molecule has 0 aliphatic carbocycles. The summed E-state index contributed by atoms with van der Waals surface area (Å²) in [5, 5.41) is 5.79. The first-order chi connectivity index (χ1) is 7.72. The summed E-state index contributed by atoms with van der Waals surface area (Å²) in [4.78, 5) is 19.0. The van der Waals surface area contributed by atoms with Crippen molar-refractivity contribution in [2.45, 2.75) is 19.8 Å². The van der Waals surface area contributed by atoms with Gasteiger partial charge < -0.3 is 16.4 Å². The van der Waals surface area contributed by atoms with Crippen LogP contribution in [0.15, 0.2) is 12.4 Å². The van der Waals surface area contributed by atoms with Crippen LogP contribution in [-0.2, 0) is 4.79 Å². The molecule has 0 bridgehead atoms. The highest BCUT2D eigenvalue weighted by molar-refractivity contribution is 5.76. The number of hydrogen-bond donors (Lipinski definition) is 3. The predicted octanol–water partition coefficient (Wildman–Crippen LogP) is 0.387. The Kier molecular flexibility index (Phi) is 5.04. The Bertz CT molecular complexity index is 342. The van der Waals surface area contributed by atoms with Crippen molar-refractivity contribution >= 4 is 17.5 Å². The molecular formula is C10H17N5O. The van der Waals surface area contributed by atoms with Gasteiger partial charge in [-0.1, -0.05) is 6.92 Å². The maximum atomic E-state index is 11.3. The van der Waals surface area contributed by atoms with E-state index in [1.807, 2.05) is 6.92 Å². The fraction of sp³-hybridized carbons (Fsp3) is 0.500. The van der Waals surface area contributed by atoms with Crippen LogP contribution in [0, 0.1) is 0 Å². The van der Waals surface area contributed by atoms with Crippen LogP contribution >= 0.6 is 0 Å². The third-order valence-corrected chi connectivity index (χ3v) is 1.92. The van der Waals surface area contributed by atoms with Gasteiger partial charge >= 0.3 is 0 Å². The molecule has 1 aromatic rings. The molecule has 6 heteroatoms. The molecule has 0 atom stereocenters. The van der Waals surface area contributed by atoms with E-state index in [2.05, 4.69) is 20.6 Å². The molecule has 1 amide bonds. The number of carbonyl (C=O) groups is 1. The van der Waals surface area contributed by atoms with Gasteiger partial charge in [0, 0.05) is 25.6 Å². The SMILES string of the molecule is CCCNC(=O)CCNc1cc(N)ncn1. The summed E-state index contributed by atoms with van der Waals surface area (Å²) in [7, 11) is 0. The molecule has 0 radical (unpaired) electrons.